The predicted octanol–water partition coefficient (Wildman–Crippen LogP) is 1.71. The summed E-state index contributed by atoms with van der Waals surface area (Å²) in [6, 6.07) is 0. The van der Waals surface area contributed by atoms with Crippen LogP contribution in [0.25, 0.3) is 0 Å². The van der Waals surface area contributed by atoms with Crippen molar-refractivity contribution in [3.63, 3.8) is 0 Å². The lowest BCUT2D eigenvalue weighted by atomic mass is 9.46. The Labute approximate surface area is 164 Å². The molecular weight excluding hydrogens is 438 g/mol. The van der Waals surface area contributed by atoms with E-state index in [9.17, 15) is 46.6 Å². The molecule has 4 fully saturated rings. The maximum atomic E-state index is 13.3. The summed E-state index contributed by atoms with van der Waals surface area (Å²) in [6.45, 7) is -0.861. The van der Waals surface area contributed by atoms with Crippen LogP contribution in [0.15, 0.2) is 0 Å². The fourth-order valence-electron chi connectivity index (χ4n) is 5.60. The molecule has 14 heteroatoms. The zero-order valence-corrected chi connectivity index (χ0v) is 15.5. The van der Waals surface area contributed by atoms with Crippen LogP contribution >= 0.6 is 12.0 Å². The molecule has 0 amide bonds. The minimum absolute atomic E-state index is 0.0234. The fourth-order valence-corrected chi connectivity index (χ4v) is 6.05. The molecule has 0 aromatic rings. The van der Waals surface area contributed by atoms with Crippen molar-refractivity contribution < 1.29 is 60.7 Å². The Morgan fingerprint density at radius 1 is 1.00 bits per heavy atom. The van der Waals surface area contributed by atoms with Crippen LogP contribution in [0.2, 0.25) is 0 Å². The van der Waals surface area contributed by atoms with Gasteiger partial charge < -0.3 is 20.2 Å². The van der Waals surface area contributed by atoms with Crippen LogP contribution in [0.4, 0.5) is 26.3 Å². The predicted molar refractivity (Wildman–Crippen MR) is 79.1 cm³/mol. The molecule has 0 aromatic heterocycles. The van der Waals surface area contributed by atoms with E-state index >= 15 is 0 Å². The third-order valence-electron chi connectivity index (χ3n) is 5.91. The van der Waals surface area contributed by atoms with Gasteiger partial charge in [0.25, 0.3) is 0 Å². The van der Waals surface area contributed by atoms with Gasteiger partial charge in [-0.25, -0.2) is 4.79 Å². The van der Waals surface area contributed by atoms with Crippen molar-refractivity contribution >= 4 is 18.0 Å². The molecule has 2 unspecified atom stereocenters. The maximum absolute atomic E-state index is 13.3. The average molecular weight is 455 g/mol. The molecule has 2 atom stereocenters. The summed E-state index contributed by atoms with van der Waals surface area (Å²) in [4.78, 5) is 12.1. The van der Waals surface area contributed by atoms with Crippen LogP contribution in [0.5, 0.6) is 0 Å². The van der Waals surface area contributed by atoms with E-state index in [2.05, 4.69) is 14.1 Å². The number of halogens is 6. The van der Waals surface area contributed by atoms with E-state index in [1.54, 1.807) is 0 Å². The van der Waals surface area contributed by atoms with Crippen LogP contribution in [-0.4, -0.2) is 51.1 Å². The highest BCUT2D eigenvalue weighted by atomic mass is 32.2. The third kappa shape index (κ3) is 3.82. The monoisotopic (exact) mass is 455 g/mol. The van der Waals surface area contributed by atoms with Crippen molar-refractivity contribution in [2.24, 2.45) is 11.3 Å². The highest BCUT2D eigenvalue weighted by molar-refractivity contribution is 7.96. The number of hydrogen-bond donors (Lipinski definition) is 2. The summed E-state index contributed by atoms with van der Waals surface area (Å²) < 4.78 is 82.3. The van der Waals surface area contributed by atoms with E-state index in [0.29, 0.717) is 12.8 Å². The lowest BCUT2D eigenvalue weighted by Crippen LogP contribution is -2.65. The Morgan fingerprint density at radius 3 is 1.93 bits per heavy atom. The molecule has 0 saturated heterocycles. The Balaban J connectivity index is 1.84. The summed E-state index contributed by atoms with van der Waals surface area (Å²) in [5.74, 6) is -2.92. The second kappa shape index (κ2) is 6.85. The normalized spacial score (nSPS) is 37.1. The van der Waals surface area contributed by atoms with E-state index in [4.69, 9.17) is 0 Å². The van der Waals surface area contributed by atoms with Gasteiger partial charge in [-0.1, -0.05) is 0 Å². The number of carbonyl (C=O) groups is 1. The molecule has 0 heterocycles. The molecular formula is C15H17F6O7S-. The first-order valence-corrected chi connectivity index (χ1v) is 9.23. The van der Waals surface area contributed by atoms with Crippen molar-refractivity contribution in [3.8, 4) is 0 Å². The van der Waals surface area contributed by atoms with E-state index in [0.717, 1.165) is 0 Å². The quantitative estimate of drug-likeness (QED) is 0.205. The first kappa shape index (κ1) is 22.9. The zero-order chi connectivity index (χ0) is 21.9. The molecule has 4 aliphatic carbocycles. The third-order valence-corrected chi connectivity index (χ3v) is 6.91. The van der Waals surface area contributed by atoms with E-state index in [1.165, 1.54) is 0 Å². The summed E-state index contributed by atoms with van der Waals surface area (Å²) in [6.07, 6.45) is -11.5. The number of hydrogen-bond acceptors (Lipinski definition) is 8. The SMILES string of the molecule is O=C(OCC12CC3CC(O)(CC(O)(C3)C1)C2)C(SOO[O-])(C(F)(F)F)C(F)(F)F. The van der Waals surface area contributed by atoms with Crippen LogP contribution in [0, 0.1) is 11.3 Å². The average Bonchev–Trinajstić information content (AvgIpc) is 2.47. The van der Waals surface area contributed by atoms with Gasteiger partial charge in [-0.3, -0.25) is 5.04 Å². The Kier molecular flexibility index (Phi) is 5.41. The number of alkyl halides is 6. The van der Waals surface area contributed by atoms with Crippen molar-refractivity contribution in [2.45, 2.75) is 66.8 Å². The molecule has 0 spiro atoms. The summed E-state index contributed by atoms with van der Waals surface area (Å²) in [5.41, 5.74) is -3.79. The number of rotatable bonds is 6. The van der Waals surface area contributed by atoms with Gasteiger partial charge in [0.1, 0.15) is 0 Å². The zero-order valence-electron chi connectivity index (χ0n) is 14.6. The minimum Gasteiger partial charge on any atom is -0.691 e. The standard InChI is InChI=1S/C15H18F6O7S/c16-14(17,18)13(15(19,20)21,29-28-27-25)9(22)26-7-10-1-8-2-11(23,4-10)6-12(24,3-8)5-10/h8,23-25H,1-7H2/p-1. The van der Waals surface area contributed by atoms with Gasteiger partial charge in [-0.2, -0.15) is 30.7 Å². The van der Waals surface area contributed by atoms with Crippen molar-refractivity contribution in [1.82, 2.24) is 0 Å². The molecule has 29 heavy (non-hydrogen) atoms. The summed E-state index contributed by atoms with van der Waals surface area (Å²) in [5, 5.41) is 33.6. The summed E-state index contributed by atoms with van der Waals surface area (Å²) >= 11 is -1.55. The molecule has 0 radical (unpaired) electrons. The van der Waals surface area contributed by atoms with Crippen LogP contribution < -0.4 is 5.26 Å². The number of aliphatic hydroxyl groups is 2. The first-order chi connectivity index (χ1) is 13.1. The summed E-state index contributed by atoms with van der Waals surface area (Å²) in [7, 11) is 0. The highest BCUT2D eigenvalue weighted by Crippen LogP contribution is 2.63. The topological polar surface area (TPSA) is 108 Å². The van der Waals surface area contributed by atoms with Crippen LogP contribution in [0.3, 0.4) is 0 Å². The molecule has 0 aliphatic heterocycles. The van der Waals surface area contributed by atoms with Crippen LogP contribution in [0.1, 0.15) is 38.5 Å². The van der Waals surface area contributed by atoms with Gasteiger partial charge in [0, 0.05) is 11.8 Å². The number of carbonyl (C=O) groups excluding carboxylic acids is 1. The van der Waals surface area contributed by atoms with Gasteiger partial charge >= 0.3 is 23.1 Å². The Bertz CT molecular complexity index is 637. The minimum atomic E-state index is -6.23. The van der Waals surface area contributed by atoms with Crippen molar-refractivity contribution in [3.05, 3.63) is 0 Å². The molecule has 7 nitrogen and oxygen atoms in total. The van der Waals surface area contributed by atoms with Crippen molar-refractivity contribution in [2.75, 3.05) is 6.61 Å². The smallest absolute Gasteiger partial charge is 0.425 e. The second-order valence-electron chi connectivity index (χ2n) is 8.43. The van der Waals surface area contributed by atoms with Gasteiger partial charge in [-0.05, 0) is 38.0 Å². The maximum Gasteiger partial charge on any atom is 0.425 e. The molecule has 4 rings (SSSR count). The van der Waals surface area contributed by atoms with Crippen molar-refractivity contribution in [1.29, 1.82) is 0 Å². The first-order valence-electron chi connectivity index (χ1n) is 8.49. The van der Waals surface area contributed by atoms with E-state index < -0.39 is 58.3 Å². The molecule has 0 aromatic carbocycles. The lowest BCUT2D eigenvalue weighted by molar-refractivity contribution is -0.777. The van der Waals surface area contributed by atoms with Gasteiger partial charge in [-0.15, -0.1) is 0 Å². The van der Waals surface area contributed by atoms with Gasteiger partial charge in [0.2, 0.25) is 0 Å². The molecule has 4 saturated carbocycles. The Morgan fingerprint density at radius 2 is 1.52 bits per heavy atom. The van der Waals surface area contributed by atoms with E-state index in [-0.39, 0.29) is 31.6 Å². The molecule has 4 aliphatic rings. The highest BCUT2D eigenvalue weighted by Gasteiger charge is 2.79. The fraction of sp³-hybridized carbons (Fsp3) is 0.933. The lowest BCUT2D eigenvalue weighted by Gasteiger charge is -2.63. The van der Waals surface area contributed by atoms with Gasteiger partial charge in [0.15, 0.2) is 0 Å². The second-order valence-corrected chi connectivity index (χ2v) is 9.34. The Hall–Kier alpha value is -0.800. The molecule has 2 N–H and O–H groups in total. The molecule has 4 bridgehead atoms. The van der Waals surface area contributed by atoms with E-state index in [1.807, 2.05) is 0 Å². The van der Waals surface area contributed by atoms with Gasteiger partial charge in [0.05, 0.1) is 29.9 Å². The number of ether oxygens (including phenoxy) is 1. The molecule has 168 valence electrons. The number of esters is 1. The largest absolute Gasteiger partial charge is 0.691 e. The van der Waals surface area contributed by atoms with Crippen LogP contribution in [-0.2, 0) is 18.9 Å².